The maximum atomic E-state index is 14.9. The fourth-order valence-electron chi connectivity index (χ4n) is 7.58. The highest BCUT2D eigenvalue weighted by Gasteiger charge is 2.64. The zero-order chi connectivity index (χ0) is 41.3. The molecule has 1 aromatic carbocycles. The smallest absolute Gasteiger partial charge is 0.409 e. The van der Waals surface area contributed by atoms with Gasteiger partial charge in [-0.3, -0.25) is 19.8 Å². The highest BCUT2D eigenvalue weighted by molar-refractivity contribution is 6.35. The minimum atomic E-state index is -1.98. The minimum Gasteiger partial charge on any atom is -0.495 e. The maximum absolute atomic E-state index is 14.9. The molecule has 12 unspecified atom stereocenters. The van der Waals surface area contributed by atoms with Gasteiger partial charge in [0.25, 0.3) is 0 Å². The van der Waals surface area contributed by atoms with Gasteiger partial charge in [-0.2, -0.15) is 0 Å². The Balaban J connectivity index is 1.68. The molecule has 4 bridgehead atoms. The number of nitrogens with zero attached hydrogens (tertiary/aromatic N) is 1. The lowest BCUT2D eigenvalue weighted by molar-refractivity contribution is -0.227. The summed E-state index contributed by atoms with van der Waals surface area (Å²) in [5, 5.41) is 47.0. The summed E-state index contributed by atoms with van der Waals surface area (Å²) < 4.78 is 39.8. The molecule has 3 saturated heterocycles. The van der Waals surface area contributed by atoms with Gasteiger partial charge >= 0.3 is 18.2 Å². The molecule has 0 spiro atoms. The minimum absolute atomic E-state index is 0.0460. The molecule has 12 atom stereocenters. The maximum Gasteiger partial charge on any atom is 0.409 e. The lowest BCUT2D eigenvalue weighted by Gasteiger charge is -2.45. The molecule has 18 nitrogen and oxygen atoms in total. The highest BCUT2D eigenvalue weighted by Crippen LogP contribution is 2.49. The van der Waals surface area contributed by atoms with Gasteiger partial charge in [0.05, 0.1) is 31.9 Å². The number of esters is 1. The van der Waals surface area contributed by atoms with Crippen LogP contribution in [0.25, 0.3) is 0 Å². The Morgan fingerprint density at radius 3 is 2.50 bits per heavy atom. The molecule has 0 aliphatic carbocycles. The third-order valence-corrected chi connectivity index (χ3v) is 11.0. The first kappa shape index (κ1) is 43.1. The van der Waals surface area contributed by atoms with Gasteiger partial charge in [0.1, 0.15) is 53.0 Å². The molecule has 1 aromatic rings. The second-order valence-corrected chi connectivity index (χ2v) is 14.9. The van der Waals surface area contributed by atoms with Crippen molar-refractivity contribution >= 4 is 41.4 Å². The van der Waals surface area contributed by atoms with E-state index in [1.54, 1.807) is 51.1 Å². The van der Waals surface area contributed by atoms with Crippen LogP contribution in [-0.4, -0.2) is 132 Å². The number of benzene rings is 1. The number of halogens is 1. The number of nitrogens with two attached hydrogens (primary N) is 1. The molecular weight excluding hydrogens is 762 g/mol. The van der Waals surface area contributed by atoms with E-state index in [-0.39, 0.29) is 35.7 Å². The Labute approximate surface area is 328 Å². The topological polar surface area (TPSA) is 258 Å². The molecule has 4 aliphatic rings. The second kappa shape index (κ2) is 17.2. The number of primary amides is 1. The van der Waals surface area contributed by atoms with E-state index in [4.69, 9.17) is 50.5 Å². The van der Waals surface area contributed by atoms with E-state index in [1.165, 1.54) is 14.2 Å². The van der Waals surface area contributed by atoms with Crippen molar-refractivity contribution in [2.45, 2.75) is 120 Å². The van der Waals surface area contributed by atoms with Crippen LogP contribution in [0, 0.1) is 5.92 Å². The predicted molar refractivity (Wildman–Crippen MR) is 195 cm³/mol. The Bertz CT molecular complexity index is 1730. The van der Waals surface area contributed by atoms with Crippen molar-refractivity contribution in [1.29, 1.82) is 0 Å². The van der Waals surface area contributed by atoms with Crippen LogP contribution < -0.4 is 20.7 Å². The number of alkyl carbamates (subject to hydrolysis) is 1. The van der Waals surface area contributed by atoms with Crippen molar-refractivity contribution in [1.82, 2.24) is 5.32 Å². The van der Waals surface area contributed by atoms with Crippen molar-refractivity contribution in [3.8, 4) is 5.75 Å². The van der Waals surface area contributed by atoms with Gasteiger partial charge in [0.2, 0.25) is 5.91 Å². The summed E-state index contributed by atoms with van der Waals surface area (Å²) in [6.07, 6.45) is -10.6. The lowest BCUT2D eigenvalue weighted by Crippen LogP contribution is -2.65. The Kier molecular flexibility index (Phi) is 13.3. The fraction of sp³-hybridized carbons (Fsp3) is 0.622. The summed E-state index contributed by atoms with van der Waals surface area (Å²) in [5.74, 6) is -2.02. The van der Waals surface area contributed by atoms with Crippen molar-refractivity contribution in [3.63, 3.8) is 0 Å². The highest BCUT2D eigenvalue weighted by atomic mass is 35.5. The van der Waals surface area contributed by atoms with E-state index in [0.29, 0.717) is 5.56 Å². The zero-order valence-electron chi connectivity index (χ0n) is 31.9. The molecule has 3 fully saturated rings. The van der Waals surface area contributed by atoms with Gasteiger partial charge in [-0.1, -0.05) is 49.2 Å². The molecule has 19 heteroatoms. The molecule has 4 heterocycles. The number of hydrogen-bond donors (Lipinski definition) is 6. The van der Waals surface area contributed by atoms with Crippen LogP contribution in [0.15, 0.2) is 35.9 Å². The van der Waals surface area contributed by atoms with Gasteiger partial charge in [-0.25, -0.2) is 9.59 Å². The molecule has 56 heavy (non-hydrogen) atoms. The normalized spacial score (nSPS) is 36.3. The number of rotatable bonds is 7. The van der Waals surface area contributed by atoms with Crippen LogP contribution >= 0.6 is 11.6 Å². The lowest BCUT2D eigenvalue weighted by atomic mass is 9.83. The van der Waals surface area contributed by atoms with Crippen LogP contribution in [0.1, 0.15) is 52.5 Å². The summed E-state index contributed by atoms with van der Waals surface area (Å²) in [4.78, 5) is 53.3. The van der Waals surface area contributed by atoms with E-state index in [0.717, 1.165) is 10.5 Å². The number of amides is 3. The van der Waals surface area contributed by atoms with Crippen LogP contribution in [-0.2, 0) is 44.4 Å². The standard InChI is InChI=1S/C37H50ClN3O15/c1-7-27(44)54-25-14-26(43)41(33-30(46)29(45)31(55-34(39)47)23(16-42)52-33)20-12-19(13-21(50-5)28(20)38)11-17(2)9-8-10-24(51-6)37(49)15-22(53-35(48)40-37)18(3)32-36(25,4)56-32/h8-10,12-13,18,22-25,29-33,42,45-46,49H,7,11,14-16H2,1-6H3,(H2,39,47)(H,40,48). The summed E-state index contributed by atoms with van der Waals surface area (Å²) >= 11 is 6.90. The van der Waals surface area contributed by atoms with Crippen molar-refractivity contribution < 1.29 is 72.8 Å². The average Bonchev–Trinajstić information content (AvgIpc) is 3.84. The summed E-state index contributed by atoms with van der Waals surface area (Å²) in [6, 6.07) is 3.18. The van der Waals surface area contributed by atoms with Gasteiger partial charge in [0, 0.05) is 25.9 Å². The first-order valence-electron chi connectivity index (χ1n) is 18.1. The average molecular weight is 812 g/mol. The second-order valence-electron chi connectivity index (χ2n) is 14.6. The van der Waals surface area contributed by atoms with E-state index < -0.39 is 109 Å². The quantitative estimate of drug-likeness (QED) is 0.129. The number of fused-ring (bicyclic) bond motifs is 5. The largest absolute Gasteiger partial charge is 0.495 e. The van der Waals surface area contributed by atoms with E-state index in [9.17, 15) is 39.6 Å². The molecule has 0 radical (unpaired) electrons. The molecule has 5 rings (SSSR count). The third kappa shape index (κ3) is 8.77. The number of ether oxygens (including phenoxy) is 7. The van der Waals surface area contributed by atoms with E-state index in [1.807, 2.05) is 6.92 Å². The number of methoxy groups -OCH3 is 2. The zero-order valence-corrected chi connectivity index (χ0v) is 32.6. The van der Waals surface area contributed by atoms with Gasteiger partial charge in [-0.05, 0) is 38.0 Å². The van der Waals surface area contributed by atoms with Crippen LogP contribution in [0.4, 0.5) is 15.3 Å². The van der Waals surface area contributed by atoms with Crippen LogP contribution in [0.5, 0.6) is 5.75 Å². The molecule has 0 saturated carbocycles. The molecule has 3 amide bonds. The monoisotopic (exact) mass is 811 g/mol. The summed E-state index contributed by atoms with van der Waals surface area (Å²) in [5.41, 5.74) is 3.22. The van der Waals surface area contributed by atoms with Gasteiger partial charge in [-0.15, -0.1) is 0 Å². The van der Waals surface area contributed by atoms with Crippen LogP contribution in [0.2, 0.25) is 5.02 Å². The van der Waals surface area contributed by atoms with Crippen molar-refractivity contribution in [2.75, 3.05) is 25.7 Å². The number of epoxide rings is 1. The van der Waals surface area contributed by atoms with E-state index >= 15 is 0 Å². The molecule has 7 N–H and O–H groups in total. The number of carbonyl (C=O) groups is 4. The first-order chi connectivity index (χ1) is 26.4. The van der Waals surface area contributed by atoms with Crippen molar-refractivity contribution in [2.24, 2.45) is 11.7 Å². The fourth-order valence-corrected chi connectivity index (χ4v) is 7.86. The van der Waals surface area contributed by atoms with E-state index in [2.05, 4.69) is 5.32 Å². The number of carbonyl (C=O) groups excluding carboxylic acids is 4. The number of nitrogens with one attached hydrogen (secondary N) is 1. The number of hydrogen-bond acceptors (Lipinski definition) is 15. The number of allylic oxidation sites excluding steroid dienone is 3. The number of aliphatic hydroxyl groups is 4. The van der Waals surface area contributed by atoms with Gasteiger partial charge < -0.3 is 59.3 Å². The summed E-state index contributed by atoms with van der Waals surface area (Å²) in [6.45, 7) is 5.88. The molecule has 4 aliphatic heterocycles. The molecule has 0 aromatic heterocycles. The molecule has 310 valence electrons. The van der Waals surface area contributed by atoms with Crippen LogP contribution in [0.3, 0.4) is 0 Å². The Morgan fingerprint density at radius 1 is 1.16 bits per heavy atom. The van der Waals surface area contributed by atoms with Crippen molar-refractivity contribution in [3.05, 3.63) is 46.5 Å². The van der Waals surface area contributed by atoms with Gasteiger partial charge in [0.15, 0.2) is 18.1 Å². The number of aliphatic hydroxyl groups excluding tert-OH is 3. The number of anilines is 1. The Hall–Kier alpha value is -4.01. The predicted octanol–water partition coefficient (Wildman–Crippen LogP) is 1.35. The summed E-state index contributed by atoms with van der Waals surface area (Å²) in [7, 11) is 2.75. The Morgan fingerprint density at radius 2 is 1.88 bits per heavy atom. The SMILES string of the molecule is CCC(=O)OC1CC(=O)N(C2OC(CO)C(OC(N)=O)C(O)C2O)c2cc(cc(OC)c2Cl)CC(C)=CC=CC(OC)C2(O)CC(OC(=O)N2)C(C)C2OC12C. The first-order valence-corrected chi connectivity index (χ1v) is 18.5. The molecular formula is C37H50ClN3O15. The third-order valence-electron chi connectivity index (χ3n) is 10.7.